The minimum absolute atomic E-state index is 0.0373. The molecule has 0 aromatic carbocycles. The van der Waals surface area contributed by atoms with Gasteiger partial charge in [0.15, 0.2) is 0 Å². The highest BCUT2D eigenvalue weighted by atomic mass is 16.5. The molecule has 2 N–H and O–H groups in total. The van der Waals surface area contributed by atoms with E-state index in [0.717, 1.165) is 30.4 Å². The van der Waals surface area contributed by atoms with E-state index in [0.29, 0.717) is 12.5 Å². The van der Waals surface area contributed by atoms with Gasteiger partial charge in [0.05, 0.1) is 12.7 Å². The lowest BCUT2D eigenvalue weighted by Gasteiger charge is -2.35. The minimum atomic E-state index is 0.0373. The van der Waals surface area contributed by atoms with Gasteiger partial charge in [0.25, 0.3) is 0 Å². The van der Waals surface area contributed by atoms with Crippen LogP contribution in [0, 0.1) is 6.92 Å². The summed E-state index contributed by atoms with van der Waals surface area (Å²) in [6, 6.07) is 2.07. The van der Waals surface area contributed by atoms with E-state index in [9.17, 15) is 0 Å². The van der Waals surface area contributed by atoms with Gasteiger partial charge < -0.3 is 15.4 Å². The topological polar surface area (TPSA) is 64.3 Å². The fraction of sp³-hybridized carbons (Fsp3) is 0.714. The third-order valence-corrected chi connectivity index (χ3v) is 3.38. The van der Waals surface area contributed by atoms with E-state index < -0.39 is 0 Å². The van der Waals surface area contributed by atoms with Gasteiger partial charge in [-0.25, -0.2) is 9.97 Å². The van der Waals surface area contributed by atoms with Crippen LogP contribution in [0.15, 0.2) is 6.07 Å². The van der Waals surface area contributed by atoms with E-state index in [1.54, 1.807) is 0 Å². The van der Waals surface area contributed by atoms with Crippen molar-refractivity contribution in [3.63, 3.8) is 0 Å². The number of hydrogen-bond donors (Lipinski definition) is 1. The van der Waals surface area contributed by atoms with Gasteiger partial charge in [0.1, 0.15) is 11.6 Å². The molecule has 0 aliphatic carbocycles. The van der Waals surface area contributed by atoms with Crippen LogP contribution in [0.2, 0.25) is 0 Å². The van der Waals surface area contributed by atoms with Crippen molar-refractivity contribution in [3.05, 3.63) is 17.6 Å². The van der Waals surface area contributed by atoms with Crippen LogP contribution >= 0.6 is 0 Å². The first-order valence-electron chi connectivity index (χ1n) is 6.95. The average molecular weight is 264 g/mol. The molecule has 0 amide bonds. The van der Waals surface area contributed by atoms with Crippen molar-refractivity contribution in [3.8, 4) is 0 Å². The Balaban J connectivity index is 2.21. The van der Waals surface area contributed by atoms with Crippen molar-refractivity contribution in [2.45, 2.75) is 45.8 Å². The van der Waals surface area contributed by atoms with Crippen molar-refractivity contribution in [1.29, 1.82) is 0 Å². The maximum Gasteiger partial charge on any atom is 0.133 e. The maximum absolute atomic E-state index is 5.93. The van der Waals surface area contributed by atoms with Crippen molar-refractivity contribution in [2.75, 3.05) is 24.6 Å². The van der Waals surface area contributed by atoms with Crippen molar-refractivity contribution < 1.29 is 4.74 Å². The van der Waals surface area contributed by atoms with Crippen molar-refractivity contribution in [2.24, 2.45) is 5.73 Å². The Hall–Kier alpha value is -1.20. The van der Waals surface area contributed by atoms with Gasteiger partial charge in [-0.3, -0.25) is 0 Å². The molecular weight excluding hydrogens is 240 g/mol. The lowest BCUT2D eigenvalue weighted by Crippen LogP contribution is -2.50. The Morgan fingerprint density at radius 1 is 1.37 bits per heavy atom. The van der Waals surface area contributed by atoms with Gasteiger partial charge in [0, 0.05) is 36.8 Å². The summed E-state index contributed by atoms with van der Waals surface area (Å²) in [5.74, 6) is 2.23. The zero-order valence-electron chi connectivity index (χ0n) is 12.3. The fourth-order valence-corrected chi connectivity index (χ4v) is 2.20. The molecule has 19 heavy (non-hydrogen) atoms. The van der Waals surface area contributed by atoms with E-state index in [2.05, 4.69) is 28.7 Å². The van der Waals surface area contributed by atoms with E-state index >= 15 is 0 Å². The molecule has 2 rings (SSSR count). The largest absolute Gasteiger partial charge is 0.373 e. The smallest absolute Gasteiger partial charge is 0.133 e. The van der Waals surface area contributed by atoms with E-state index in [-0.39, 0.29) is 12.1 Å². The van der Waals surface area contributed by atoms with Crippen LogP contribution in [0.25, 0.3) is 0 Å². The summed E-state index contributed by atoms with van der Waals surface area (Å²) in [4.78, 5) is 11.4. The first kappa shape index (κ1) is 14.2. The Morgan fingerprint density at radius 3 is 2.74 bits per heavy atom. The Labute approximate surface area is 115 Å². The molecule has 1 saturated heterocycles. The predicted octanol–water partition coefficient (Wildman–Crippen LogP) is 1.46. The molecule has 1 aliphatic rings. The monoisotopic (exact) mass is 264 g/mol. The number of aromatic nitrogens is 2. The van der Waals surface area contributed by atoms with E-state index in [4.69, 9.17) is 10.5 Å². The van der Waals surface area contributed by atoms with Crippen LogP contribution in [-0.4, -0.2) is 41.8 Å². The van der Waals surface area contributed by atoms with Gasteiger partial charge in [-0.15, -0.1) is 0 Å². The van der Waals surface area contributed by atoms with Gasteiger partial charge >= 0.3 is 0 Å². The average Bonchev–Trinajstić information content (AvgIpc) is 2.38. The highest BCUT2D eigenvalue weighted by molar-refractivity contribution is 5.40. The molecule has 1 aliphatic heterocycles. The summed E-state index contributed by atoms with van der Waals surface area (Å²) < 4.78 is 5.69. The molecule has 2 heterocycles. The molecule has 2 unspecified atom stereocenters. The molecule has 5 nitrogen and oxygen atoms in total. The molecule has 1 aromatic heterocycles. The van der Waals surface area contributed by atoms with Crippen LogP contribution in [0.5, 0.6) is 0 Å². The third-order valence-electron chi connectivity index (χ3n) is 3.38. The molecule has 106 valence electrons. The Kier molecular flexibility index (Phi) is 4.37. The number of nitrogens with zero attached hydrogens (tertiary/aromatic N) is 3. The standard InChI is InChI=1S/C14H24N4O/c1-9(2)14-16-10(3)7-13(17-14)18-5-6-19-12(8-18)11(4)15/h7,9,11-12H,5-6,8,15H2,1-4H3. The molecule has 0 bridgehead atoms. The first-order chi connectivity index (χ1) is 8.97. The maximum atomic E-state index is 5.93. The minimum Gasteiger partial charge on any atom is -0.373 e. The van der Waals surface area contributed by atoms with Crippen LogP contribution in [0.1, 0.15) is 38.2 Å². The summed E-state index contributed by atoms with van der Waals surface area (Å²) in [7, 11) is 0. The van der Waals surface area contributed by atoms with Crippen molar-refractivity contribution in [1.82, 2.24) is 9.97 Å². The van der Waals surface area contributed by atoms with Crippen LogP contribution in [0.4, 0.5) is 5.82 Å². The molecular formula is C14H24N4O. The lowest BCUT2D eigenvalue weighted by atomic mass is 10.1. The highest BCUT2D eigenvalue weighted by Crippen LogP contribution is 2.20. The second-order valence-electron chi connectivity index (χ2n) is 5.59. The van der Waals surface area contributed by atoms with Crippen LogP contribution < -0.4 is 10.6 Å². The normalized spacial score (nSPS) is 21.8. The quantitative estimate of drug-likeness (QED) is 0.895. The van der Waals surface area contributed by atoms with Gasteiger partial charge in [-0.1, -0.05) is 13.8 Å². The highest BCUT2D eigenvalue weighted by Gasteiger charge is 2.24. The molecule has 2 atom stereocenters. The van der Waals surface area contributed by atoms with E-state index in [1.807, 2.05) is 19.9 Å². The number of anilines is 1. The third kappa shape index (κ3) is 3.42. The van der Waals surface area contributed by atoms with Gasteiger partial charge in [-0.05, 0) is 13.8 Å². The van der Waals surface area contributed by atoms with E-state index in [1.165, 1.54) is 0 Å². The molecule has 1 aromatic rings. The number of hydrogen-bond acceptors (Lipinski definition) is 5. The van der Waals surface area contributed by atoms with Gasteiger partial charge in [0.2, 0.25) is 0 Å². The lowest BCUT2D eigenvalue weighted by molar-refractivity contribution is 0.0273. The molecule has 0 radical (unpaired) electrons. The number of morpholine rings is 1. The summed E-state index contributed by atoms with van der Waals surface area (Å²) in [6.07, 6.45) is 0.0755. The number of rotatable bonds is 3. The van der Waals surface area contributed by atoms with Crippen LogP contribution in [0.3, 0.4) is 0 Å². The second-order valence-corrected chi connectivity index (χ2v) is 5.59. The molecule has 1 fully saturated rings. The van der Waals surface area contributed by atoms with Crippen molar-refractivity contribution >= 4 is 5.82 Å². The number of nitrogens with two attached hydrogens (primary N) is 1. The zero-order chi connectivity index (χ0) is 14.0. The SMILES string of the molecule is Cc1cc(N2CCOC(C(C)N)C2)nc(C(C)C)n1. The zero-order valence-corrected chi connectivity index (χ0v) is 12.3. The molecule has 0 spiro atoms. The predicted molar refractivity (Wildman–Crippen MR) is 76.5 cm³/mol. The summed E-state index contributed by atoms with van der Waals surface area (Å²) >= 11 is 0. The van der Waals surface area contributed by atoms with Crippen LogP contribution in [-0.2, 0) is 4.74 Å². The summed E-state index contributed by atoms with van der Waals surface area (Å²) in [6.45, 7) is 10.6. The number of aryl methyl sites for hydroxylation is 1. The fourth-order valence-electron chi connectivity index (χ4n) is 2.20. The Bertz CT molecular complexity index is 433. The summed E-state index contributed by atoms with van der Waals surface area (Å²) in [5, 5.41) is 0. The summed E-state index contributed by atoms with van der Waals surface area (Å²) in [5.41, 5.74) is 6.94. The Morgan fingerprint density at radius 2 is 2.11 bits per heavy atom. The molecule has 5 heteroatoms. The molecule has 0 saturated carbocycles. The van der Waals surface area contributed by atoms with Gasteiger partial charge in [-0.2, -0.15) is 0 Å². The second kappa shape index (κ2) is 5.84. The number of ether oxygens (including phenoxy) is 1. The first-order valence-corrected chi connectivity index (χ1v) is 6.95.